The number of pyridine rings is 1. The smallest absolute Gasteiger partial charge is 0.433 e. The molecule has 1 atom stereocenters. The second kappa shape index (κ2) is 6.96. The lowest BCUT2D eigenvalue weighted by Crippen LogP contribution is -2.59. The van der Waals surface area contributed by atoms with E-state index < -0.39 is 45.9 Å². The van der Waals surface area contributed by atoms with E-state index >= 15 is 0 Å². The molecule has 1 fully saturated rings. The number of hydrogen-bond acceptors (Lipinski definition) is 9. The molecule has 1 N–H and O–H groups in total. The topological polar surface area (TPSA) is 133 Å². The Morgan fingerprint density at radius 1 is 1.42 bits per heavy atom. The highest BCUT2D eigenvalue weighted by Crippen LogP contribution is 2.22. The molecule has 2 aliphatic heterocycles. The molecule has 1 amide bonds. The molecule has 26 heavy (non-hydrogen) atoms. The maximum absolute atomic E-state index is 12.7. The number of carbonyl (C=O) groups is 2. The molecule has 0 unspecified atom stereocenters. The first kappa shape index (κ1) is 18.2. The number of hydrogen-bond donors (Lipinski definition) is 1. The lowest BCUT2D eigenvalue weighted by atomic mass is 10.2. The van der Waals surface area contributed by atoms with Crippen molar-refractivity contribution < 1.29 is 32.2 Å². The van der Waals surface area contributed by atoms with Crippen LogP contribution >= 0.6 is 0 Å². The van der Waals surface area contributed by atoms with E-state index in [0.29, 0.717) is 13.2 Å². The average molecular weight is 387 g/mol. The summed E-state index contributed by atoms with van der Waals surface area (Å²) in [6.07, 6.45) is 0.672. The summed E-state index contributed by atoms with van der Waals surface area (Å²) in [5.41, 5.74) is 2.15. The van der Waals surface area contributed by atoms with Gasteiger partial charge in [0.15, 0.2) is 15.5 Å². The molecule has 3 heterocycles. The number of ether oxygens (including phenoxy) is 3. The van der Waals surface area contributed by atoms with Gasteiger partial charge < -0.3 is 24.5 Å². The molecule has 0 aliphatic carbocycles. The first-order valence-electron chi connectivity index (χ1n) is 7.69. The molecule has 12 heteroatoms. The molecule has 0 bridgehead atoms. The predicted molar refractivity (Wildman–Crippen MR) is 87.4 cm³/mol. The minimum Gasteiger partial charge on any atom is -0.433 e. The number of morpholine rings is 1. The lowest BCUT2D eigenvalue weighted by Gasteiger charge is -2.41. The second-order valence-corrected chi connectivity index (χ2v) is 8.04. The van der Waals surface area contributed by atoms with E-state index in [4.69, 9.17) is 9.47 Å². The maximum atomic E-state index is 12.7. The van der Waals surface area contributed by atoms with Crippen molar-refractivity contribution >= 4 is 21.9 Å². The quantitative estimate of drug-likeness (QED) is 0.630. The predicted octanol–water partition coefficient (Wildman–Crippen LogP) is -1.24. The van der Waals surface area contributed by atoms with Crippen LogP contribution in [0.2, 0.25) is 0 Å². The van der Waals surface area contributed by atoms with Gasteiger partial charge in [-0.3, -0.25) is 14.3 Å². The monoisotopic (exact) mass is 387 g/mol. The Morgan fingerprint density at radius 2 is 2.19 bits per heavy atom. The molecular weight excluding hydrogens is 370 g/mol. The number of fused-ring (bicyclic) bond motifs is 2. The van der Waals surface area contributed by atoms with Crippen molar-refractivity contribution in [3.05, 3.63) is 28.2 Å². The van der Waals surface area contributed by atoms with Crippen molar-refractivity contribution in [3.8, 4) is 5.75 Å². The molecule has 1 aromatic heterocycles. The van der Waals surface area contributed by atoms with Gasteiger partial charge in [0.05, 0.1) is 19.0 Å². The van der Waals surface area contributed by atoms with E-state index in [9.17, 15) is 22.8 Å². The molecule has 1 aromatic rings. The summed E-state index contributed by atoms with van der Waals surface area (Å²) < 4.78 is 38.2. The zero-order valence-corrected chi connectivity index (χ0v) is 14.7. The second-order valence-electron chi connectivity index (χ2n) is 5.78. The van der Waals surface area contributed by atoms with Gasteiger partial charge in [-0.1, -0.05) is 0 Å². The SMILES string of the molecule is CS(=O)(=O)CCOC(=O)Oc1c2n(ccc1=O)N[C@@H]1COCCN1C2=O. The fourth-order valence-electron chi connectivity index (χ4n) is 2.56. The van der Waals surface area contributed by atoms with Gasteiger partial charge in [0, 0.05) is 25.1 Å². The van der Waals surface area contributed by atoms with E-state index in [1.807, 2.05) is 0 Å². The fourth-order valence-corrected chi connectivity index (χ4v) is 2.95. The van der Waals surface area contributed by atoms with Crippen LogP contribution in [0.15, 0.2) is 17.1 Å². The Kier molecular flexibility index (Phi) is 4.87. The zero-order chi connectivity index (χ0) is 18.9. The molecule has 3 rings (SSSR count). The molecule has 0 saturated carbocycles. The third-order valence-electron chi connectivity index (χ3n) is 3.79. The summed E-state index contributed by atoms with van der Waals surface area (Å²) in [6.45, 7) is 0.523. The van der Waals surface area contributed by atoms with Gasteiger partial charge in [-0.25, -0.2) is 13.2 Å². The van der Waals surface area contributed by atoms with E-state index in [0.717, 1.165) is 12.3 Å². The van der Waals surface area contributed by atoms with Crippen molar-refractivity contribution in [2.24, 2.45) is 0 Å². The van der Waals surface area contributed by atoms with Crippen LogP contribution in [-0.2, 0) is 19.3 Å². The van der Waals surface area contributed by atoms with Crippen LogP contribution in [0.5, 0.6) is 5.75 Å². The van der Waals surface area contributed by atoms with Gasteiger partial charge in [0.25, 0.3) is 5.91 Å². The maximum Gasteiger partial charge on any atom is 0.514 e. The Bertz CT molecular complexity index is 894. The van der Waals surface area contributed by atoms with Gasteiger partial charge in [-0.15, -0.1) is 0 Å². The van der Waals surface area contributed by atoms with Crippen molar-refractivity contribution in [1.82, 2.24) is 9.58 Å². The molecule has 1 saturated heterocycles. The third-order valence-corrected chi connectivity index (χ3v) is 4.70. The Morgan fingerprint density at radius 3 is 2.92 bits per heavy atom. The first-order valence-corrected chi connectivity index (χ1v) is 9.75. The lowest BCUT2D eigenvalue weighted by molar-refractivity contribution is -0.00321. The highest BCUT2D eigenvalue weighted by atomic mass is 32.2. The summed E-state index contributed by atoms with van der Waals surface area (Å²) in [6, 6.07) is 1.13. The van der Waals surface area contributed by atoms with Gasteiger partial charge in [0.2, 0.25) is 11.2 Å². The minimum absolute atomic E-state index is 0.143. The largest absolute Gasteiger partial charge is 0.514 e. The number of rotatable bonds is 4. The summed E-state index contributed by atoms with van der Waals surface area (Å²) in [5.74, 6) is -1.36. The van der Waals surface area contributed by atoms with Crippen molar-refractivity contribution in [1.29, 1.82) is 0 Å². The van der Waals surface area contributed by atoms with Gasteiger partial charge in [0.1, 0.15) is 12.8 Å². The number of carbonyl (C=O) groups excluding carboxylic acids is 2. The van der Waals surface area contributed by atoms with Crippen LogP contribution in [0.3, 0.4) is 0 Å². The van der Waals surface area contributed by atoms with Crippen molar-refractivity contribution in [2.45, 2.75) is 6.17 Å². The fraction of sp³-hybridized carbons (Fsp3) is 0.500. The van der Waals surface area contributed by atoms with E-state index in [1.165, 1.54) is 15.8 Å². The van der Waals surface area contributed by atoms with Crippen LogP contribution in [-0.4, -0.2) is 74.6 Å². The Balaban J connectivity index is 1.81. The zero-order valence-electron chi connectivity index (χ0n) is 13.8. The van der Waals surface area contributed by atoms with Crippen LogP contribution < -0.4 is 15.6 Å². The standard InChI is InChI=1S/C14H17N3O8S/c1-26(21,22)7-6-24-14(20)25-12-9(18)2-3-17-11(12)13(19)16-4-5-23-8-10(16)15-17/h2-3,10,15H,4-8H2,1H3/t10-/m0/s1. The Hall–Kier alpha value is -2.60. The van der Waals surface area contributed by atoms with Crippen LogP contribution in [0, 0.1) is 0 Å². The number of nitrogens with one attached hydrogen (secondary N) is 1. The molecular formula is C14H17N3O8S. The minimum atomic E-state index is -3.32. The van der Waals surface area contributed by atoms with Crippen molar-refractivity contribution in [2.75, 3.05) is 43.8 Å². The van der Waals surface area contributed by atoms with Gasteiger partial charge >= 0.3 is 6.16 Å². The van der Waals surface area contributed by atoms with Gasteiger partial charge in [-0.05, 0) is 0 Å². The normalized spacial score (nSPS) is 19.2. The summed E-state index contributed by atoms with van der Waals surface area (Å²) in [5, 5.41) is 0. The average Bonchev–Trinajstić information content (AvgIpc) is 2.56. The molecule has 142 valence electrons. The van der Waals surface area contributed by atoms with E-state index in [2.05, 4.69) is 10.2 Å². The summed E-state index contributed by atoms with van der Waals surface area (Å²) in [4.78, 5) is 38.1. The van der Waals surface area contributed by atoms with Crippen LogP contribution in [0.1, 0.15) is 10.5 Å². The number of sulfone groups is 1. The summed E-state index contributed by atoms with van der Waals surface area (Å²) in [7, 11) is -3.32. The number of amides is 1. The molecule has 0 spiro atoms. The van der Waals surface area contributed by atoms with Crippen LogP contribution in [0.4, 0.5) is 4.79 Å². The molecule has 0 radical (unpaired) electrons. The Labute approximate surface area is 148 Å². The van der Waals surface area contributed by atoms with E-state index in [1.54, 1.807) is 0 Å². The molecule has 0 aromatic carbocycles. The van der Waals surface area contributed by atoms with Gasteiger partial charge in [-0.2, -0.15) is 0 Å². The van der Waals surface area contributed by atoms with E-state index in [-0.39, 0.29) is 18.1 Å². The molecule has 2 aliphatic rings. The summed E-state index contributed by atoms with van der Waals surface area (Å²) >= 11 is 0. The molecule has 11 nitrogen and oxygen atoms in total. The number of aromatic nitrogens is 1. The highest BCUT2D eigenvalue weighted by molar-refractivity contribution is 7.90. The third kappa shape index (κ3) is 3.80. The van der Waals surface area contributed by atoms with Crippen molar-refractivity contribution in [3.63, 3.8) is 0 Å². The first-order chi connectivity index (χ1) is 12.3. The number of nitrogens with zero attached hydrogens (tertiary/aromatic N) is 2. The highest BCUT2D eigenvalue weighted by Gasteiger charge is 2.37. The van der Waals surface area contributed by atoms with Crippen LogP contribution in [0.25, 0.3) is 0 Å².